The van der Waals surface area contributed by atoms with Gasteiger partial charge < -0.3 is 19.4 Å². The Bertz CT molecular complexity index is 946. The fourth-order valence-electron chi connectivity index (χ4n) is 2.70. The topological polar surface area (TPSA) is 71.8 Å². The van der Waals surface area contributed by atoms with Crippen LogP contribution in [0.4, 0.5) is 14.5 Å². The van der Waals surface area contributed by atoms with Crippen LogP contribution in [0.1, 0.15) is 16.1 Å². The highest BCUT2D eigenvalue weighted by molar-refractivity contribution is 6.00. The summed E-state index contributed by atoms with van der Waals surface area (Å²) in [6.45, 7) is -3.40. The normalized spacial score (nSPS) is 10.6. The first-order chi connectivity index (χ1) is 14.0. The molecule has 0 bridgehead atoms. The van der Waals surface area contributed by atoms with E-state index in [1.54, 1.807) is 36.4 Å². The van der Waals surface area contributed by atoms with Crippen LogP contribution in [-0.2, 0) is 11.3 Å². The van der Waals surface area contributed by atoms with Crippen molar-refractivity contribution >= 4 is 17.5 Å². The number of alkyl halides is 2. The molecule has 3 aromatic rings. The average molecular weight is 400 g/mol. The minimum Gasteiger partial charge on any atom is -0.467 e. The molecule has 0 aliphatic rings. The number of ether oxygens (including phenoxy) is 1. The zero-order valence-electron chi connectivity index (χ0n) is 15.3. The lowest BCUT2D eigenvalue weighted by atomic mass is 10.1. The molecule has 1 heterocycles. The van der Waals surface area contributed by atoms with Crippen LogP contribution < -0.4 is 10.1 Å². The molecule has 0 unspecified atom stereocenters. The monoisotopic (exact) mass is 400 g/mol. The number of hydrogen-bond acceptors (Lipinski definition) is 4. The summed E-state index contributed by atoms with van der Waals surface area (Å²) in [6.07, 6.45) is 1.44. The van der Waals surface area contributed by atoms with E-state index in [1.165, 1.54) is 35.4 Å². The van der Waals surface area contributed by atoms with Crippen molar-refractivity contribution in [3.63, 3.8) is 0 Å². The summed E-state index contributed by atoms with van der Waals surface area (Å²) in [5.41, 5.74) is 0.496. The summed E-state index contributed by atoms with van der Waals surface area (Å²) < 4.78 is 35.1. The molecule has 0 fully saturated rings. The Morgan fingerprint density at radius 1 is 1.00 bits per heavy atom. The van der Waals surface area contributed by atoms with Gasteiger partial charge >= 0.3 is 6.61 Å². The number of carbonyl (C=O) groups excluding carboxylic acids is 2. The van der Waals surface area contributed by atoms with Crippen molar-refractivity contribution in [1.82, 2.24) is 4.90 Å². The van der Waals surface area contributed by atoms with Gasteiger partial charge in [0.1, 0.15) is 18.1 Å². The minimum absolute atomic E-state index is 0.0168. The second kappa shape index (κ2) is 9.50. The molecule has 150 valence electrons. The van der Waals surface area contributed by atoms with Gasteiger partial charge in [0.2, 0.25) is 5.91 Å². The van der Waals surface area contributed by atoms with E-state index in [0.717, 1.165) is 0 Å². The van der Waals surface area contributed by atoms with E-state index in [9.17, 15) is 18.4 Å². The van der Waals surface area contributed by atoms with Crippen LogP contribution in [0.15, 0.2) is 77.4 Å². The summed E-state index contributed by atoms with van der Waals surface area (Å²) in [4.78, 5) is 26.7. The first kappa shape index (κ1) is 20.1. The van der Waals surface area contributed by atoms with Crippen LogP contribution in [0.2, 0.25) is 0 Å². The number of furan rings is 1. The third kappa shape index (κ3) is 5.65. The molecule has 1 aromatic heterocycles. The summed E-state index contributed by atoms with van der Waals surface area (Å²) in [7, 11) is 0. The number of rotatable bonds is 8. The Balaban J connectivity index is 1.81. The Labute approximate surface area is 165 Å². The van der Waals surface area contributed by atoms with Gasteiger partial charge in [-0.15, -0.1) is 0 Å². The summed E-state index contributed by atoms with van der Waals surface area (Å²) >= 11 is 0. The van der Waals surface area contributed by atoms with E-state index in [2.05, 4.69) is 10.1 Å². The molecule has 2 aromatic carbocycles. The number of carbonyl (C=O) groups is 2. The number of benzene rings is 2. The van der Waals surface area contributed by atoms with E-state index < -0.39 is 18.4 Å². The van der Waals surface area contributed by atoms with Crippen molar-refractivity contribution in [2.45, 2.75) is 13.2 Å². The van der Waals surface area contributed by atoms with Crippen molar-refractivity contribution < 1.29 is 27.5 Å². The van der Waals surface area contributed by atoms with Crippen molar-refractivity contribution in [3.05, 3.63) is 84.3 Å². The number of para-hydroxylation sites is 2. The van der Waals surface area contributed by atoms with E-state index in [0.29, 0.717) is 11.4 Å². The summed E-state index contributed by atoms with van der Waals surface area (Å²) in [5.74, 6) is -0.900. The highest BCUT2D eigenvalue weighted by Gasteiger charge is 2.24. The average Bonchev–Trinajstić information content (AvgIpc) is 3.21. The smallest absolute Gasteiger partial charge is 0.387 e. The Morgan fingerprint density at radius 2 is 1.72 bits per heavy atom. The van der Waals surface area contributed by atoms with Gasteiger partial charge in [-0.2, -0.15) is 8.78 Å². The largest absolute Gasteiger partial charge is 0.467 e. The van der Waals surface area contributed by atoms with Crippen LogP contribution in [-0.4, -0.2) is 29.9 Å². The van der Waals surface area contributed by atoms with Crippen LogP contribution in [0.5, 0.6) is 5.75 Å². The molecule has 0 spiro atoms. The van der Waals surface area contributed by atoms with E-state index in [1.807, 2.05) is 6.07 Å². The predicted molar refractivity (Wildman–Crippen MR) is 102 cm³/mol. The highest BCUT2D eigenvalue weighted by Crippen LogP contribution is 2.23. The zero-order valence-corrected chi connectivity index (χ0v) is 15.3. The Morgan fingerprint density at radius 3 is 2.41 bits per heavy atom. The SMILES string of the molecule is O=C(CN(Cc1ccco1)C(=O)c1ccccc1OC(F)F)Nc1ccccc1. The summed E-state index contributed by atoms with van der Waals surface area (Å²) in [6, 6.07) is 17.7. The zero-order chi connectivity index (χ0) is 20.6. The Hall–Kier alpha value is -3.68. The fraction of sp³-hybridized carbons (Fsp3) is 0.143. The fourth-order valence-corrected chi connectivity index (χ4v) is 2.70. The number of anilines is 1. The molecule has 29 heavy (non-hydrogen) atoms. The standard InChI is InChI=1S/C21H18F2N2O4/c22-21(23)29-18-11-5-4-10-17(18)20(27)25(13-16-9-6-12-28-16)14-19(26)24-15-7-2-1-3-8-15/h1-12,21H,13-14H2,(H,24,26). The van der Waals surface area contributed by atoms with Gasteiger partial charge in [-0.05, 0) is 36.4 Å². The van der Waals surface area contributed by atoms with Crippen molar-refractivity contribution in [2.75, 3.05) is 11.9 Å². The second-order valence-electron chi connectivity index (χ2n) is 6.03. The molecule has 0 atom stereocenters. The molecular formula is C21H18F2N2O4. The molecule has 6 nitrogen and oxygen atoms in total. The second-order valence-corrected chi connectivity index (χ2v) is 6.03. The highest BCUT2D eigenvalue weighted by atomic mass is 19.3. The van der Waals surface area contributed by atoms with Gasteiger partial charge in [-0.25, -0.2) is 0 Å². The number of amides is 2. The van der Waals surface area contributed by atoms with Gasteiger partial charge in [0.15, 0.2) is 0 Å². The van der Waals surface area contributed by atoms with Crippen LogP contribution in [0, 0.1) is 0 Å². The molecule has 0 radical (unpaired) electrons. The predicted octanol–water partition coefficient (Wildman–Crippen LogP) is 4.16. The number of nitrogens with one attached hydrogen (secondary N) is 1. The first-order valence-corrected chi connectivity index (χ1v) is 8.73. The van der Waals surface area contributed by atoms with Crippen LogP contribution in [0.3, 0.4) is 0 Å². The van der Waals surface area contributed by atoms with Crippen molar-refractivity contribution in [2.24, 2.45) is 0 Å². The molecule has 0 saturated heterocycles. The van der Waals surface area contributed by atoms with Crippen molar-refractivity contribution in [3.8, 4) is 5.75 Å². The van der Waals surface area contributed by atoms with E-state index in [-0.39, 0.29) is 24.4 Å². The van der Waals surface area contributed by atoms with Crippen LogP contribution >= 0.6 is 0 Å². The van der Waals surface area contributed by atoms with E-state index in [4.69, 9.17) is 4.42 Å². The Kier molecular flexibility index (Phi) is 6.57. The molecule has 0 aliphatic heterocycles. The van der Waals surface area contributed by atoms with E-state index >= 15 is 0 Å². The quantitative estimate of drug-likeness (QED) is 0.616. The molecule has 8 heteroatoms. The van der Waals surface area contributed by atoms with Gasteiger partial charge in [-0.1, -0.05) is 30.3 Å². The molecule has 2 amide bonds. The van der Waals surface area contributed by atoms with Gasteiger partial charge in [0.25, 0.3) is 5.91 Å². The lowest BCUT2D eigenvalue weighted by Crippen LogP contribution is -2.37. The molecule has 3 rings (SSSR count). The van der Waals surface area contributed by atoms with Crippen LogP contribution in [0.25, 0.3) is 0 Å². The molecule has 1 N–H and O–H groups in total. The number of halogens is 2. The third-order valence-electron chi connectivity index (χ3n) is 3.94. The molecule has 0 aliphatic carbocycles. The van der Waals surface area contributed by atoms with Gasteiger partial charge in [-0.3, -0.25) is 9.59 Å². The maximum atomic E-state index is 13.0. The number of nitrogens with zero attached hydrogens (tertiary/aromatic N) is 1. The maximum absolute atomic E-state index is 13.0. The minimum atomic E-state index is -3.08. The lowest BCUT2D eigenvalue weighted by Gasteiger charge is -2.22. The van der Waals surface area contributed by atoms with Gasteiger partial charge in [0, 0.05) is 5.69 Å². The maximum Gasteiger partial charge on any atom is 0.387 e. The molecule has 0 saturated carbocycles. The lowest BCUT2D eigenvalue weighted by molar-refractivity contribution is -0.117. The first-order valence-electron chi connectivity index (χ1n) is 8.73. The van der Waals surface area contributed by atoms with Gasteiger partial charge in [0.05, 0.1) is 18.4 Å². The number of hydrogen-bond donors (Lipinski definition) is 1. The van der Waals surface area contributed by atoms with Crippen molar-refractivity contribution in [1.29, 1.82) is 0 Å². The molecular weight excluding hydrogens is 382 g/mol. The summed E-state index contributed by atoms with van der Waals surface area (Å²) in [5, 5.41) is 2.69. The third-order valence-corrected chi connectivity index (χ3v) is 3.94.